The molecule has 1 saturated heterocycles. The zero-order valence-electron chi connectivity index (χ0n) is 13.0. The summed E-state index contributed by atoms with van der Waals surface area (Å²) >= 11 is 0. The Bertz CT molecular complexity index is 647. The Morgan fingerprint density at radius 2 is 2.13 bits per heavy atom. The Morgan fingerprint density at radius 1 is 1.35 bits per heavy atom. The molecule has 2 aromatic rings. The number of rotatable bonds is 5. The van der Waals surface area contributed by atoms with E-state index in [4.69, 9.17) is 0 Å². The van der Waals surface area contributed by atoms with Crippen LogP contribution in [0.4, 0.5) is 5.95 Å². The molecule has 1 aliphatic heterocycles. The number of likely N-dealkylation sites (N-methyl/N-ethyl adjacent to an activating group) is 1. The van der Waals surface area contributed by atoms with Crippen molar-refractivity contribution in [2.45, 2.75) is 18.6 Å². The van der Waals surface area contributed by atoms with E-state index in [0.717, 1.165) is 0 Å². The molecule has 3 rings (SSSR count). The van der Waals surface area contributed by atoms with Crippen LogP contribution in [0, 0.1) is 0 Å². The standard InChI is InChI=1S/C15H20N6O2/c1-19(13(22)10-21-8-3-7-18-21)11-15(23)4-9-20(12-15)14-16-5-2-6-17-14/h2-3,5-8,23H,4,9-12H2,1H3/t15-/m1/s1. The van der Waals surface area contributed by atoms with Gasteiger partial charge < -0.3 is 14.9 Å². The largest absolute Gasteiger partial charge is 0.386 e. The van der Waals surface area contributed by atoms with Crippen LogP contribution in [0.3, 0.4) is 0 Å². The van der Waals surface area contributed by atoms with Crippen LogP contribution in [-0.4, -0.2) is 67.9 Å². The van der Waals surface area contributed by atoms with Gasteiger partial charge in [-0.05, 0) is 18.6 Å². The predicted molar refractivity (Wildman–Crippen MR) is 83.7 cm³/mol. The number of nitrogens with zero attached hydrogens (tertiary/aromatic N) is 6. The fourth-order valence-corrected chi connectivity index (χ4v) is 2.79. The van der Waals surface area contributed by atoms with Gasteiger partial charge in [0.1, 0.15) is 12.1 Å². The molecule has 8 nitrogen and oxygen atoms in total. The van der Waals surface area contributed by atoms with Gasteiger partial charge in [0, 0.05) is 38.4 Å². The lowest BCUT2D eigenvalue weighted by Gasteiger charge is -2.29. The summed E-state index contributed by atoms with van der Waals surface area (Å²) in [4.78, 5) is 24.1. The lowest BCUT2D eigenvalue weighted by molar-refractivity contribution is -0.133. The van der Waals surface area contributed by atoms with E-state index < -0.39 is 5.60 Å². The highest BCUT2D eigenvalue weighted by Gasteiger charge is 2.38. The zero-order chi connectivity index (χ0) is 16.3. The molecule has 2 aromatic heterocycles. The quantitative estimate of drug-likeness (QED) is 0.820. The van der Waals surface area contributed by atoms with Gasteiger partial charge >= 0.3 is 0 Å². The van der Waals surface area contributed by atoms with Crippen LogP contribution in [0.1, 0.15) is 6.42 Å². The zero-order valence-corrected chi connectivity index (χ0v) is 13.0. The molecule has 1 atom stereocenters. The number of aromatic nitrogens is 4. The molecular weight excluding hydrogens is 296 g/mol. The maximum Gasteiger partial charge on any atom is 0.244 e. The van der Waals surface area contributed by atoms with Crippen molar-refractivity contribution in [3.8, 4) is 0 Å². The molecule has 1 amide bonds. The summed E-state index contributed by atoms with van der Waals surface area (Å²) in [6.45, 7) is 1.53. The first-order valence-electron chi connectivity index (χ1n) is 7.51. The van der Waals surface area contributed by atoms with Gasteiger partial charge in [-0.2, -0.15) is 5.10 Å². The molecule has 0 bridgehead atoms. The van der Waals surface area contributed by atoms with Crippen molar-refractivity contribution >= 4 is 11.9 Å². The Morgan fingerprint density at radius 3 is 2.83 bits per heavy atom. The molecule has 1 fully saturated rings. The average Bonchev–Trinajstić information content (AvgIpc) is 3.18. The van der Waals surface area contributed by atoms with Crippen LogP contribution >= 0.6 is 0 Å². The van der Waals surface area contributed by atoms with Crippen LogP contribution in [-0.2, 0) is 11.3 Å². The molecule has 23 heavy (non-hydrogen) atoms. The number of anilines is 1. The SMILES string of the molecule is CN(C[C@]1(O)CCN(c2ncccn2)C1)C(=O)Cn1cccn1. The fourth-order valence-electron chi connectivity index (χ4n) is 2.79. The number of hydrogen-bond donors (Lipinski definition) is 1. The average molecular weight is 316 g/mol. The molecule has 0 aromatic carbocycles. The number of carbonyl (C=O) groups is 1. The molecule has 0 radical (unpaired) electrons. The molecule has 0 unspecified atom stereocenters. The van der Waals surface area contributed by atoms with Gasteiger partial charge in [-0.15, -0.1) is 0 Å². The second-order valence-electron chi connectivity index (χ2n) is 5.90. The Balaban J connectivity index is 1.58. The number of carbonyl (C=O) groups excluding carboxylic acids is 1. The Kier molecular flexibility index (Phi) is 4.24. The predicted octanol–water partition coefficient (Wildman–Crippen LogP) is -0.227. The van der Waals surface area contributed by atoms with Crippen LogP contribution in [0.2, 0.25) is 0 Å². The van der Waals surface area contributed by atoms with Gasteiger partial charge in [0.25, 0.3) is 0 Å². The van der Waals surface area contributed by atoms with Crippen molar-refractivity contribution in [1.29, 1.82) is 0 Å². The van der Waals surface area contributed by atoms with E-state index >= 15 is 0 Å². The van der Waals surface area contributed by atoms with Crippen molar-refractivity contribution in [1.82, 2.24) is 24.6 Å². The lowest BCUT2D eigenvalue weighted by Crippen LogP contribution is -2.46. The van der Waals surface area contributed by atoms with Gasteiger partial charge in [0.15, 0.2) is 0 Å². The van der Waals surface area contributed by atoms with Gasteiger partial charge in [0.05, 0.1) is 13.1 Å². The second-order valence-corrected chi connectivity index (χ2v) is 5.90. The molecular formula is C15H20N6O2. The van der Waals surface area contributed by atoms with Gasteiger partial charge in [-0.3, -0.25) is 9.48 Å². The highest BCUT2D eigenvalue weighted by Crippen LogP contribution is 2.25. The minimum absolute atomic E-state index is 0.0865. The van der Waals surface area contributed by atoms with E-state index in [-0.39, 0.29) is 19.0 Å². The molecule has 0 spiro atoms. The van der Waals surface area contributed by atoms with E-state index in [1.165, 1.54) is 0 Å². The topological polar surface area (TPSA) is 87.4 Å². The molecule has 122 valence electrons. The number of hydrogen-bond acceptors (Lipinski definition) is 6. The summed E-state index contributed by atoms with van der Waals surface area (Å²) in [5, 5.41) is 14.8. The fraction of sp³-hybridized carbons (Fsp3) is 0.467. The Hall–Kier alpha value is -2.48. The summed E-state index contributed by atoms with van der Waals surface area (Å²) in [5.74, 6) is 0.519. The van der Waals surface area contributed by atoms with Crippen LogP contribution < -0.4 is 4.90 Å². The molecule has 0 saturated carbocycles. The molecule has 8 heteroatoms. The van der Waals surface area contributed by atoms with Crippen molar-refractivity contribution in [3.63, 3.8) is 0 Å². The van der Waals surface area contributed by atoms with E-state index in [0.29, 0.717) is 25.5 Å². The number of β-amino-alcohol motifs (C(OH)–C–C–N with tert-alkyl or cyclic N) is 1. The number of aliphatic hydroxyl groups is 1. The van der Waals surface area contributed by atoms with E-state index in [9.17, 15) is 9.90 Å². The van der Waals surface area contributed by atoms with Gasteiger partial charge in [0.2, 0.25) is 11.9 Å². The number of amides is 1. The molecule has 3 heterocycles. The maximum atomic E-state index is 12.2. The normalized spacial score (nSPS) is 20.7. The van der Waals surface area contributed by atoms with Crippen LogP contribution in [0.5, 0.6) is 0 Å². The minimum Gasteiger partial charge on any atom is -0.386 e. The summed E-state index contributed by atoms with van der Waals surface area (Å²) in [5.41, 5.74) is -0.951. The van der Waals surface area contributed by atoms with E-state index in [2.05, 4.69) is 15.1 Å². The first-order chi connectivity index (χ1) is 11.1. The monoisotopic (exact) mass is 316 g/mol. The smallest absolute Gasteiger partial charge is 0.244 e. The van der Waals surface area contributed by atoms with Crippen LogP contribution in [0.15, 0.2) is 36.9 Å². The molecule has 1 aliphatic rings. The van der Waals surface area contributed by atoms with Gasteiger partial charge in [-0.1, -0.05) is 0 Å². The van der Waals surface area contributed by atoms with Crippen molar-refractivity contribution in [2.24, 2.45) is 0 Å². The first kappa shape index (κ1) is 15.4. The Labute approximate surface area is 134 Å². The summed E-state index contributed by atoms with van der Waals surface area (Å²) < 4.78 is 1.57. The maximum absolute atomic E-state index is 12.2. The third kappa shape index (κ3) is 3.65. The summed E-state index contributed by atoms with van der Waals surface area (Å²) in [6, 6.07) is 3.53. The second kappa shape index (κ2) is 6.33. The van der Waals surface area contributed by atoms with Crippen molar-refractivity contribution < 1.29 is 9.90 Å². The molecule has 0 aliphatic carbocycles. The highest BCUT2D eigenvalue weighted by atomic mass is 16.3. The third-order valence-electron chi connectivity index (χ3n) is 3.98. The summed E-state index contributed by atoms with van der Waals surface area (Å²) in [7, 11) is 1.70. The third-order valence-corrected chi connectivity index (χ3v) is 3.98. The van der Waals surface area contributed by atoms with Crippen molar-refractivity contribution in [2.75, 3.05) is 31.6 Å². The molecule has 1 N–H and O–H groups in total. The van der Waals surface area contributed by atoms with Crippen molar-refractivity contribution in [3.05, 3.63) is 36.9 Å². The van der Waals surface area contributed by atoms with Crippen LogP contribution in [0.25, 0.3) is 0 Å². The van der Waals surface area contributed by atoms with Gasteiger partial charge in [-0.25, -0.2) is 9.97 Å². The summed E-state index contributed by atoms with van der Waals surface area (Å²) in [6.07, 6.45) is 7.31. The van der Waals surface area contributed by atoms with E-state index in [1.807, 2.05) is 4.90 Å². The minimum atomic E-state index is -0.951. The van der Waals surface area contributed by atoms with E-state index in [1.54, 1.807) is 53.5 Å². The lowest BCUT2D eigenvalue weighted by atomic mass is 10.0. The highest BCUT2D eigenvalue weighted by molar-refractivity contribution is 5.75. The first-order valence-corrected chi connectivity index (χ1v) is 7.51.